The van der Waals surface area contributed by atoms with Crippen LogP contribution in [0.5, 0.6) is 0 Å². The molecule has 8 nitrogen and oxygen atoms in total. The molecule has 3 amide bonds. The number of nitrogens with one attached hydrogen (secondary N) is 1. The molecule has 0 aliphatic carbocycles. The fraction of sp³-hybridized carbons (Fsp3) is 0.410. The number of carbonyl (C=O) groups is 3. The molecule has 8 heteroatoms. The van der Waals surface area contributed by atoms with Gasteiger partial charge in [-0.15, -0.1) is 0 Å². The molecular weight excluding hydrogens is 588 g/mol. The molecule has 3 aromatic rings. The molecule has 0 spiro atoms. The van der Waals surface area contributed by atoms with Crippen LogP contribution >= 0.6 is 0 Å². The predicted molar refractivity (Wildman–Crippen MR) is 188 cm³/mol. The maximum atomic E-state index is 14.5. The number of carbonyl (C=O) groups excluding carboxylic acids is 3. The lowest BCUT2D eigenvalue weighted by Crippen LogP contribution is -2.57. The molecule has 1 aliphatic heterocycles. The van der Waals surface area contributed by atoms with Crippen molar-refractivity contribution in [1.82, 2.24) is 20.0 Å². The number of nitrogens with zero attached hydrogens (tertiary/aromatic N) is 3. The fourth-order valence-corrected chi connectivity index (χ4v) is 5.82. The Hall–Kier alpha value is -4.27. The first-order valence-electron chi connectivity index (χ1n) is 16.5. The lowest BCUT2D eigenvalue weighted by atomic mass is 9.97. The Bertz CT molecular complexity index is 1480. The van der Waals surface area contributed by atoms with Gasteiger partial charge in [0.2, 0.25) is 17.7 Å². The molecule has 250 valence electrons. The molecule has 0 aromatic heterocycles. The van der Waals surface area contributed by atoms with E-state index in [1.54, 1.807) is 19.0 Å². The average molecular weight is 639 g/mol. The number of hydrogen-bond acceptors (Lipinski definition) is 5. The van der Waals surface area contributed by atoms with Gasteiger partial charge in [0.25, 0.3) is 0 Å². The molecule has 1 saturated heterocycles. The van der Waals surface area contributed by atoms with Gasteiger partial charge in [0, 0.05) is 45.6 Å². The highest BCUT2D eigenvalue weighted by Gasteiger charge is 2.37. The van der Waals surface area contributed by atoms with E-state index in [1.807, 2.05) is 85.9 Å². The first kappa shape index (κ1) is 35.6. The minimum absolute atomic E-state index is 0.147. The maximum Gasteiger partial charge on any atom is 0.246 e. The zero-order valence-corrected chi connectivity index (χ0v) is 28.4. The van der Waals surface area contributed by atoms with Crippen LogP contribution in [0.25, 0.3) is 11.1 Å². The lowest BCUT2D eigenvalue weighted by Gasteiger charge is -2.38. The van der Waals surface area contributed by atoms with Gasteiger partial charge in [0.1, 0.15) is 12.1 Å². The smallest absolute Gasteiger partial charge is 0.246 e. The molecule has 4 rings (SSSR count). The summed E-state index contributed by atoms with van der Waals surface area (Å²) in [5.41, 5.74) is 3.83. The Morgan fingerprint density at radius 1 is 0.830 bits per heavy atom. The van der Waals surface area contributed by atoms with Crippen molar-refractivity contribution in [2.75, 3.05) is 34.2 Å². The van der Waals surface area contributed by atoms with Crippen LogP contribution in [0.1, 0.15) is 44.2 Å². The van der Waals surface area contributed by atoms with E-state index in [9.17, 15) is 19.5 Å². The third kappa shape index (κ3) is 9.86. The lowest BCUT2D eigenvalue weighted by molar-refractivity contribution is -0.150. The Morgan fingerprint density at radius 2 is 1.36 bits per heavy atom. The summed E-state index contributed by atoms with van der Waals surface area (Å²) < 4.78 is 0. The van der Waals surface area contributed by atoms with Gasteiger partial charge in [-0.1, -0.05) is 91.0 Å². The van der Waals surface area contributed by atoms with E-state index in [0.717, 1.165) is 22.3 Å². The fourth-order valence-electron chi connectivity index (χ4n) is 5.82. The van der Waals surface area contributed by atoms with Gasteiger partial charge in [0.05, 0.1) is 6.10 Å². The van der Waals surface area contributed by atoms with Crippen LogP contribution in [-0.4, -0.2) is 95.5 Å². The van der Waals surface area contributed by atoms with E-state index in [0.29, 0.717) is 45.2 Å². The monoisotopic (exact) mass is 638 g/mol. The normalized spacial score (nSPS) is 15.3. The summed E-state index contributed by atoms with van der Waals surface area (Å²) in [5, 5.41) is 13.3. The van der Waals surface area contributed by atoms with Crippen LogP contribution in [0.3, 0.4) is 0 Å². The van der Waals surface area contributed by atoms with Crippen LogP contribution < -0.4 is 5.32 Å². The van der Waals surface area contributed by atoms with E-state index in [1.165, 1.54) is 15.9 Å². The number of amides is 3. The van der Waals surface area contributed by atoms with Crippen molar-refractivity contribution in [3.63, 3.8) is 0 Å². The minimum Gasteiger partial charge on any atom is -0.393 e. The number of benzene rings is 3. The van der Waals surface area contributed by atoms with Gasteiger partial charge in [-0.25, -0.2) is 0 Å². The van der Waals surface area contributed by atoms with Gasteiger partial charge in [0.15, 0.2) is 0 Å². The average Bonchev–Trinajstić information content (AvgIpc) is 3.09. The molecule has 1 aliphatic rings. The molecule has 47 heavy (non-hydrogen) atoms. The summed E-state index contributed by atoms with van der Waals surface area (Å²) in [6.45, 7) is 4.99. The van der Waals surface area contributed by atoms with Crippen LogP contribution in [0.2, 0.25) is 0 Å². The molecule has 2 N–H and O–H groups in total. The summed E-state index contributed by atoms with van der Waals surface area (Å²) in [6.07, 6.45) is 5.24. The number of piperidine rings is 1. The van der Waals surface area contributed by atoms with Crippen molar-refractivity contribution in [1.29, 1.82) is 0 Å². The number of likely N-dealkylation sites (tertiary alicyclic amines) is 1. The van der Waals surface area contributed by atoms with Crippen molar-refractivity contribution in [2.24, 2.45) is 0 Å². The van der Waals surface area contributed by atoms with E-state index < -0.39 is 18.2 Å². The SMILES string of the molecule is CNC(C)(C)C/C=C/C(=O)N(C)C(Cc1ccc(-c2ccccc2)cc1)C(=O)N(C)C(Cc1ccccc1)C(=O)N1CCC(O)CC1. The van der Waals surface area contributed by atoms with Gasteiger partial charge in [-0.2, -0.15) is 0 Å². The Labute approximate surface area is 280 Å². The minimum atomic E-state index is -0.841. The van der Waals surface area contributed by atoms with Crippen LogP contribution in [-0.2, 0) is 27.2 Å². The van der Waals surface area contributed by atoms with E-state index in [-0.39, 0.29) is 23.3 Å². The highest BCUT2D eigenvalue weighted by Crippen LogP contribution is 2.22. The highest BCUT2D eigenvalue weighted by atomic mass is 16.3. The number of aliphatic hydroxyl groups is 1. The first-order valence-corrected chi connectivity index (χ1v) is 16.5. The molecule has 2 unspecified atom stereocenters. The van der Waals surface area contributed by atoms with Crippen molar-refractivity contribution < 1.29 is 19.5 Å². The van der Waals surface area contributed by atoms with E-state index >= 15 is 0 Å². The molecular formula is C39H50N4O4. The summed E-state index contributed by atoms with van der Waals surface area (Å²) >= 11 is 0. The van der Waals surface area contributed by atoms with Crippen LogP contribution in [0, 0.1) is 0 Å². The van der Waals surface area contributed by atoms with Crippen molar-refractivity contribution in [2.45, 2.75) is 69.7 Å². The van der Waals surface area contributed by atoms with Gasteiger partial charge in [-0.05, 0) is 68.5 Å². The first-order chi connectivity index (χ1) is 22.5. The third-order valence-electron chi connectivity index (χ3n) is 9.30. The number of rotatable bonds is 13. The second-order valence-electron chi connectivity index (χ2n) is 13.2. The van der Waals surface area contributed by atoms with Crippen LogP contribution in [0.15, 0.2) is 97.1 Å². The molecule has 0 saturated carbocycles. The summed E-state index contributed by atoms with van der Waals surface area (Å²) in [7, 11) is 5.21. The molecule has 2 atom stereocenters. The van der Waals surface area contributed by atoms with E-state index in [2.05, 4.69) is 31.3 Å². The molecule has 3 aromatic carbocycles. The predicted octanol–water partition coefficient (Wildman–Crippen LogP) is 4.72. The third-order valence-corrected chi connectivity index (χ3v) is 9.30. The van der Waals surface area contributed by atoms with Gasteiger partial charge in [-0.3, -0.25) is 14.4 Å². The molecule has 1 heterocycles. The highest BCUT2D eigenvalue weighted by molar-refractivity contribution is 5.95. The standard InChI is InChI=1S/C39H50N4O4/c1-39(2,40-3)24-12-17-36(45)41(4)34(28-30-18-20-32(21-19-30)31-15-10-7-11-16-31)37(46)42(5)35(27-29-13-8-6-9-14-29)38(47)43-25-22-33(44)23-26-43/h6-21,33-35,40,44H,22-28H2,1-5H3/b17-12+. The van der Waals surface area contributed by atoms with Crippen molar-refractivity contribution in [3.8, 4) is 11.1 Å². The zero-order chi connectivity index (χ0) is 34.0. The maximum absolute atomic E-state index is 14.5. The molecule has 0 bridgehead atoms. The summed E-state index contributed by atoms with van der Waals surface area (Å²) in [5.74, 6) is -0.727. The van der Waals surface area contributed by atoms with Crippen molar-refractivity contribution in [3.05, 3.63) is 108 Å². The number of aliphatic hydroxyl groups excluding tert-OH is 1. The van der Waals surface area contributed by atoms with Crippen molar-refractivity contribution >= 4 is 17.7 Å². The topological polar surface area (TPSA) is 93.2 Å². The van der Waals surface area contributed by atoms with E-state index in [4.69, 9.17) is 0 Å². The molecule has 0 radical (unpaired) electrons. The summed E-state index contributed by atoms with van der Waals surface area (Å²) in [4.78, 5) is 46.9. The second kappa shape index (κ2) is 16.5. The quantitative estimate of drug-likeness (QED) is 0.265. The Kier molecular flexibility index (Phi) is 12.5. The molecule has 1 fully saturated rings. The summed E-state index contributed by atoms with van der Waals surface area (Å²) in [6, 6.07) is 26.2. The zero-order valence-electron chi connectivity index (χ0n) is 28.4. The number of hydrogen-bond donors (Lipinski definition) is 2. The largest absolute Gasteiger partial charge is 0.393 e. The second-order valence-corrected chi connectivity index (χ2v) is 13.2. The van der Waals surface area contributed by atoms with Crippen LogP contribution in [0.4, 0.5) is 0 Å². The Balaban J connectivity index is 1.63. The van der Waals surface area contributed by atoms with Gasteiger partial charge < -0.3 is 25.1 Å². The Morgan fingerprint density at radius 3 is 1.96 bits per heavy atom. The van der Waals surface area contributed by atoms with Gasteiger partial charge >= 0.3 is 0 Å². The number of likely N-dealkylation sites (N-methyl/N-ethyl adjacent to an activating group) is 2.